The van der Waals surface area contributed by atoms with Gasteiger partial charge in [-0.25, -0.2) is 9.59 Å². The van der Waals surface area contributed by atoms with Crippen molar-refractivity contribution in [2.24, 2.45) is 35.5 Å². The number of amides is 2. The molecule has 2 saturated heterocycles. The lowest BCUT2D eigenvalue weighted by Gasteiger charge is -2.43. The highest BCUT2D eigenvalue weighted by Gasteiger charge is 2.53. The van der Waals surface area contributed by atoms with Gasteiger partial charge in [0.1, 0.15) is 36.7 Å². The third-order valence-electron chi connectivity index (χ3n) is 15.4. The Bertz CT molecular complexity index is 1990. The van der Waals surface area contributed by atoms with Crippen LogP contribution in [0.4, 0.5) is 4.79 Å². The van der Waals surface area contributed by atoms with Gasteiger partial charge in [-0.3, -0.25) is 19.2 Å². The quantitative estimate of drug-likeness (QED) is 0.0767. The van der Waals surface area contributed by atoms with E-state index in [0.29, 0.717) is 56.9 Å². The fourth-order valence-electron chi connectivity index (χ4n) is 10.8. The summed E-state index contributed by atoms with van der Waals surface area (Å²) in [5, 5.41) is 35.4. The topological polar surface area (TPSA) is 243 Å². The molecule has 0 aromatic rings. The summed E-state index contributed by atoms with van der Waals surface area (Å²) >= 11 is 0. The third kappa shape index (κ3) is 17.7. The van der Waals surface area contributed by atoms with Crippen molar-refractivity contribution in [3.05, 3.63) is 47.6 Å². The van der Waals surface area contributed by atoms with Crippen LogP contribution in [-0.2, 0) is 57.1 Å². The minimum Gasteiger partial charge on any atom is -0.460 e. The van der Waals surface area contributed by atoms with Crippen LogP contribution in [0.15, 0.2) is 47.6 Å². The van der Waals surface area contributed by atoms with E-state index in [1.165, 1.54) is 19.1 Å². The van der Waals surface area contributed by atoms with Crippen LogP contribution in [0.2, 0.25) is 0 Å². The minimum atomic E-state index is -2.52. The van der Waals surface area contributed by atoms with Crippen molar-refractivity contribution in [3.8, 4) is 0 Å². The molecule has 3 heterocycles. The van der Waals surface area contributed by atoms with E-state index < -0.39 is 83.9 Å². The van der Waals surface area contributed by atoms with Crippen LogP contribution < -0.4 is 5.32 Å². The van der Waals surface area contributed by atoms with E-state index in [4.69, 9.17) is 33.2 Å². The molecule has 2 bridgehead atoms. The number of rotatable bonds is 12. The predicted molar refractivity (Wildman–Crippen MR) is 275 cm³/mol. The van der Waals surface area contributed by atoms with Crippen molar-refractivity contribution in [2.45, 2.75) is 180 Å². The van der Waals surface area contributed by atoms with Crippen LogP contribution in [0, 0.1) is 35.5 Å². The Morgan fingerprint density at radius 2 is 1.62 bits per heavy atom. The fourth-order valence-corrected chi connectivity index (χ4v) is 10.8. The monoisotopic (exact) mass is 1040 g/mol. The van der Waals surface area contributed by atoms with Gasteiger partial charge in [-0.1, -0.05) is 71.1 Å². The van der Waals surface area contributed by atoms with Crippen LogP contribution in [0.3, 0.4) is 0 Å². The molecule has 4 aliphatic rings. The Morgan fingerprint density at radius 1 is 0.878 bits per heavy atom. The fraction of sp³-hybridized carbons (Fsp3) is 0.750. The molecule has 0 unspecified atom stereocenters. The number of fused-ring (bicyclic) bond motifs is 3. The maximum Gasteiger partial charge on any atom is 0.406 e. The number of allylic oxidation sites excluding steroid dienone is 6. The average molecular weight is 1050 g/mol. The number of Topliss-reactive ketones (excluding diaryl/α,β-unsaturated/α-hetero) is 3. The highest BCUT2D eigenvalue weighted by atomic mass is 16.6. The SMILES string of the molecule is CNC(=O)OCCO[C@H]1C[C@@H]2CC[C@@H](C)[C@@](O)(O2)C(=O)C(=O)N2CCCC[C@H]2C(=O)O[C@H]([C@H](C)C[C@@H]2CC[C@@H](OCCO)[C@H](OC)C2)CC(=O)[C@H](C)/C=C(\C)[C@@H](O)[C@@H](OC)C(=O)[C@H](C)C[C@H](C)/C=C/C=C/C=C/1C. The van der Waals surface area contributed by atoms with Crippen molar-refractivity contribution in [3.63, 3.8) is 0 Å². The molecule has 4 N–H and O–H groups in total. The van der Waals surface area contributed by atoms with Gasteiger partial charge in [0.15, 0.2) is 5.78 Å². The highest BCUT2D eigenvalue weighted by Crippen LogP contribution is 2.38. The summed E-state index contributed by atoms with van der Waals surface area (Å²) in [6.07, 6.45) is 10.2. The Kier molecular flexibility index (Phi) is 25.8. The van der Waals surface area contributed by atoms with E-state index in [1.807, 2.05) is 51.2 Å². The maximum atomic E-state index is 14.6. The summed E-state index contributed by atoms with van der Waals surface area (Å²) in [5.74, 6) is -8.46. The zero-order chi connectivity index (χ0) is 54.7. The molecule has 0 aromatic carbocycles. The second-order valence-electron chi connectivity index (χ2n) is 21.2. The molecule has 18 heteroatoms. The predicted octanol–water partition coefficient (Wildman–Crippen LogP) is 5.92. The Balaban J connectivity index is 1.71. The number of ether oxygens (including phenoxy) is 7. The van der Waals surface area contributed by atoms with Gasteiger partial charge in [-0.2, -0.15) is 0 Å². The molecule has 0 spiro atoms. The number of methoxy groups -OCH3 is 2. The van der Waals surface area contributed by atoms with Crippen LogP contribution in [0.5, 0.6) is 0 Å². The number of esters is 1. The molecule has 0 radical (unpaired) electrons. The number of ketones is 3. The second-order valence-corrected chi connectivity index (χ2v) is 21.2. The van der Waals surface area contributed by atoms with Gasteiger partial charge in [-0.15, -0.1) is 0 Å². The van der Waals surface area contributed by atoms with Gasteiger partial charge < -0.3 is 58.7 Å². The number of hydrogen-bond acceptors (Lipinski definition) is 16. The molecule has 2 amide bonds. The first-order valence-corrected chi connectivity index (χ1v) is 26.8. The molecule has 0 aromatic heterocycles. The summed E-state index contributed by atoms with van der Waals surface area (Å²) in [4.78, 5) is 84.4. The normalized spacial score (nSPS) is 36.8. The molecule has 418 valence electrons. The van der Waals surface area contributed by atoms with E-state index in [2.05, 4.69) is 5.32 Å². The molecule has 1 saturated carbocycles. The molecular weight excluding hydrogens is 957 g/mol. The summed E-state index contributed by atoms with van der Waals surface area (Å²) < 4.78 is 41.2. The molecule has 74 heavy (non-hydrogen) atoms. The number of alkyl carbamates (subject to hydrolysis) is 1. The first kappa shape index (κ1) is 62.4. The van der Waals surface area contributed by atoms with Gasteiger partial charge in [-0.05, 0) is 107 Å². The van der Waals surface area contributed by atoms with E-state index >= 15 is 0 Å². The smallest absolute Gasteiger partial charge is 0.406 e. The zero-order valence-electron chi connectivity index (χ0n) is 45.7. The van der Waals surface area contributed by atoms with Crippen molar-refractivity contribution >= 4 is 35.3 Å². The summed E-state index contributed by atoms with van der Waals surface area (Å²) in [6, 6.07) is -1.19. The number of nitrogens with zero attached hydrogens (tertiary/aromatic N) is 1. The van der Waals surface area contributed by atoms with E-state index in [0.717, 1.165) is 12.0 Å². The van der Waals surface area contributed by atoms with Crippen LogP contribution in [0.25, 0.3) is 0 Å². The second kappa shape index (κ2) is 30.6. The number of aliphatic hydroxyl groups is 3. The molecule has 3 aliphatic heterocycles. The Hall–Kier alpha value is -4.14. The van der Waals surface area contributed by atoms with E-state index in [-0.39, 0.29) is 93.8 Å². The minimum absolute atomic E-state index is 0.0268. The van der Waals surface area contributed by atoms with Crippen molar-refractivity contribution in [2.75, 3.05) is 54.2 Å². The van der Waals surface area contributed by atoms with Crippen molar-refractivity contribution < 1.29 is 77.2 Å². The number of nitrogens with one attached hydrogen (secondary N) is 1. The summed E-state index contributed by atoms with van der Waals surface area (Å²) in [5.41, 5.74) is 1.13. The van der Waals surface area contributed by atoms with Gasteiger partial charge in [0.2, 0.25) is 5.79 Å². The van der Waals surface area contributed by atoms with Gasteiger partial charge in [0, 0.05) is 58.4 Å². The standard InChI is InChI=1S/C56H88N2O16/c1-34-16-12-11-13-17-35(2)46(71-26-27-72-55(66)57-8)32-42-21-19-40(7)56(67,74-42)52(63)53(64)58-23-15-14-18-43(58)54(65)73-47(37(4)30-41-20-22-45(70-25-24-59)48(31-41)68-9)33-44(60)36(3)29-39(6)50(62)51(69-10)49(61)38(5)28-34/h11-13,16-17,29,34,36-38,40-43,45-48,50-51,59,62,67H,14-15,18-28,30-33H2,1-10H3,(H,57,66)/b13-11+,16-12+,35-17+,39-29+/t34-,36-,37-,38-,40-,41+,42+,43+,45-,46+,47+,48-,50-,51+,56-/m1/s1. The van der Waals surface area contributed by atoms with Gasteiger partial charge in [0.05, 0.1) is 44.2 Å². The van der Waals surface area contributed by atoms with Crippen LogP contribution in [-0.4, -0.2) is 164 Å². The summed E-state index contributed by atoms with van der Waals surface area (Å²) in [6.45, 7) is 12.6. The number of carbonyl (C=O) groups excluding carboxylic acids is 6. The van der Waals surface area contributed by atoms with E-state index in [9.17, 15) is 44.1 Å². The largest absolute Gasteiger partial charge is 0.460 e. The number of hydrogen-bond donors (Lipinski definition) is 4. The van der Waals surface area contributed by atoms with Crippen molar-refractivity contribution in [1.29, 1.82) is 0 Å². The maximum absolute atomic E-state index is 14.6. The van der Waals surface area contributed by atoms with Gasteiger partial charge >= 0.3 is 12.1 Å². The third-order valence-corrected chi connectivity index (χ3v) is 15.4. The summed E-state index contributed by atoms with van der Waals surface area (Å²) in [7, 11) is 4.43. The van der Waals surface area contributed by atoms with Gasteiger partial charge in [0.25, 0.3) is 11.7 Å². The van der Waals surface area contributed by atoms with Crippen molar-refractivity contribution in [1.82, 2.24) is 10.2 Å². The lowest BCUT2D eigenvalue weighted by molar-refractivity contribution is -0.266. The molecule has 18 nitrogen and oxygen atoms in total. The molecule has 1 aliphatic carbocycles. The molecular formula is C56H88N2O16. The van der Waals surface area contributed by atoms with Crippen LogP contribution in [0.1, 0.15) is 126 Å². The lowest BCUT2D eigenvalue weighted by atomic mass is 9.78. The zero-order valence-corrected chi connectivity index (χ0v) is 45.7. The number of cyclic esters (lactones) is 1. The Labute approximate surface area is 438 Å². The number of aliphatic hydroxyl groups excluding tert-OH is 2. The molecule has 15 atom stereocenters. The van der Waals surface area contributed by atoms with E-state index in [1.54, 1.807) is 40.9 Å². The Morgan fingerprint density at radius 3 is 2.31 bits per heavy atom. The first-order valence-electron chi connectivity index (χ1n) is 26.8. The number of carbonyl (C=O) groups is 6. The first-order chi connectivity index (χ1) is 35.2. The number of piperidine rings is 1. The molecule has 3 fully saturated rings. The molecule has 4 rings (SSSR count). The lowest BCUT2D eigenvalue weighted by Crippen LogP contribution is -2.61. The average Bonchev–Trinajstić information content (AvgIpc) is 3.38. The highest BCUT2D eigenvalue weighted by molar-refractivity contribution is 6.39. The van der Waals surface area contributed by atoms with Crippen LogP contribution >= 0.6 is 0 Å².